The van der Waals surface area contributed by atoms with E-state index < -0.39 is 11.7 Å². The molecule has 0 heterocycles. The molecule has 0 aliphatic heterocycles. The van der Waals surface area contributed by atoms with Crippen LogP contribution in [0.1, 0.15) is 11.1 Å². The van der Waals surface area contributed by atoms with Crippen molar-refractivity contribution in [3.05, 3.63) is 29.3 Å². The largest absolute Gasteiger partial charge is 0.416 e. The number of halogens is 3. The highest BCUT2D eigenvalue weighted by Crippen LogP contribution is 2.31. The second-order valence-electron chi connectivity index (χ2n) is 2.52. The van der Waals surface area contributed by atoms with Gasteiger partial charge in [0.15, 0.2) is 0 Å². The van der Waals surface area contributed by atoms with Crippen LogP contribution < -0.4 is 5.30 Å². The Balaban J connectivity index is 3.26. The summed E-state index contributed by atoms with van der Waals surface area (Å²) in [5.41, 5.74) is -0.287. The molecule has 0 N–H and O–H groups in total. The zero-order valence-electron chi connectivity index (χ0n) is 6.44. The number of hydrogen-bond acceptors (Lipinski definition) is 0. The van der Waals surface area contributed by atoms with Gasteiger partial charge in [-0.25, -0.2) is 0 Å². The lowest BCUT2D eigenvalue weighted by atomic mass is 10.1. The first-order valence-electron chi connectivity index (χ1n) is 3.35. The molecule has 1 rings (SSSR count). The average molecular weight is 192 g/mol. The van der Waals surface area contributed by atoms with Gasteiger partial charge in [-0.3, -0.25) is 0 Å². The van der Waals surface area contributed by atoms with Crippen LogP contribution in [-0.2, 0) is 6.18 Å². The second-order valence-corrected chi connectivity index (χ2v) is 3.14. The first kappa shape index (κ1) is 9.53. The van der Waals surface area contributed by atoms with E-state index in [1.54, 1.807) is 6.07 Å². The molecule has 0 nitrogen and oxygen atoms in total. The van der Waals surface area contributed by atoms with Crippen LogP contribution in [0.2, 0.25) is 0 Å². The van der Waals surface area contributed by atoms with E-state index in [9.17, 15) is 13.2 Å². The number of benzene rings is 1. The van der Waals surface area contributed by atoms with E-state index in [1.807, 2.05) is 0 Å². The highest BCUT2D eigenvalue weighted by atomic mass is 31.0. The molecule has 0 saturated carbocycles. The molecule has 0 aromatic heterocycles. The summed E-state index contributed by atoms with van der Waals surface area (Å²) in [7, 11) is 2.28. The van der Waals surface area contributed by atoms with Gasteiger partial charge in [-0.15, -0.1) is 9.24 Å². The van der Waals surface area contributed by atoms with Crippen molar-refractivity contribution in [2.75, 3.05) is 0 Å². The maximum Gasteiger partial charge on any atom is 0.416 e. The van der Waals surface area contributed by atoms with E-state index in [0.29, 0.717) is 5.30 Å². The first-order chi connectivity index (χ1) is 5.43. The van der Waals surface area contributed by atoms with Crippen molar-refractivity contribution >= 4 is 14.5 Å². The van der Waals surface area contributed by atoms with Gasteiger partial charge in [0.05, 0.1) is 5.56 Å². The van der Waals surface area contributed by atoms with E-state index >= 15 is 0 Å². The minimum Gasteiger partial charge on any atom is -0.166 e. The maximum atomic E-state index is 12.2. The van der Waals surface area contributed by atoms with Crippen LogP contribution in [0.25, 0.3) is 0 Å². The zero-order valence-corrected chi connectivity index (χ0v) is 7.60. The molecule has 0 aliphatic rings. The molecule has 1 unspecified atom stereocenters. The zero-order chi connectivity index (χ0) is 9.35. The van der Waals surface area contributed by atoms with Gasteiger partial charge in [-0.05, 0) is 23.9 Å². The molecular formula is C8H8F3P. The Morgan fingerprint density at radius 2 is 1.83 bits per heavy atom. The Morgan fingerprint density at radius 1 is 1.25 bits per heavy atom. The highest BCUT2D eigenvalue weighted by Gasteiger charge is 2.32. The molecule has 0 radical (unpaired) electrons. The summed E-state index contributed by atoms with van der Waals surface area (Å²) in [5, 5.41) is 0.588. The lowest BCUT2D eigenvalue weighted by Crippen LogP contribution is -2.11. The van der Waals surface area contributed by atoms with Crippen molar-refractivity contribution in [3.8, 4) is 0 Å². The number of rotatable bonds is 0. The van der Waals surface area contributed by atoms with Crippen LogP contribution >= 0.6 is 9.24 Å². The Labute approximate surface area is 71.0 Å². The van der Waals surface area contributed by atoms with Crippen LogP contribution in [0, 0.1) is 6.92 Å². The molecule has 0 fully saturated rings. The Morgan fingerprint density at radius 3 is 2.25 bits per heavy atom. The van der Waals surface area contributed by atoms with E-state index in [0.717, 1.165) is 6.07 Å². The SMILES string of the molecule is Cc1c(P)cccc1C(F)(F)F. The van der Waals surface area contributed by atoms with Gasteiger partial charge in [0.25, 0.3) is 0 Å². The number of alkyl halides is 3. The van der Waals surface area contributed by atoms with Crippen molar-refractivity contribution in [1.29, 1.82) is 0 Å². The van der Waals surface area contributed by atoms with Gasteiger partial charge in [0, 0.05) is 0 Å². The third kappa shape index (κ3) is 1.78. The fourth-order valence-electron chi connectivity index (χ4n) is 0.961. The molecule has 0 amide bonds. The summed E-state index contributed by atoms with van der Waals surface area (Å²) in [6.07, 6.45) is -4.24. The summed E-state index contributed by atoms with van der Waals surface area (Å²) < 4.78 is 36.7. The molecule has 66 valence electrons. The molecule has 1 aromatic rings. The molecule has 0 aliphatic carbocycles. The Kier molecular flexibility index (Phi) is 2.43. The third-order valence-corrected chi connectivity index (χ3v) is 2.31. The van der Waals surface area contributed by atoms with Gasteiger partial charge < -0.3 is 0 Å². The van der Waals surface area contributed by atoms with E-state index in [2.05, 4.69) is 9.24 Å². The lowest BCUT2D eigenvalue weighted by molar-refractivity contribution is -0.138. The van der Waals surface area contributed by atoms with Gasteiger partial charge in [0.1, 0.15) is 0 Å². The number of hydrogen-bond donors (Lipinski definition) is 0. The topological polar surface area (TPSA) is 0 Å². The Hall–Kier alpha value is -0.560. The molecule has 1 aromatic carbocycles. The van der Waals surface area contributed by atoms with Crippen LogP contribution in [0.15, 0.2) is 18.2 Å². The van der Waals surface area contributed by atoms with Crippen LogP contribution in [0.3, 0.4) is 0 Å². The van der Waals surface area contributed by atoms with E-state index in [-0.39, 0.29) is 5.56 Å². The smallest absolute Gasteiger partial charge is 0.166 e. The molecule has 0 bridgehead atoms. The Bertz CT molecular complexity index is 291. The first-order valence-corrected chi connectivity index (χ1v) is 3.93. The molecule has 0 saturated heterocycles. The predicted octanol–water partition coefficient (Wildman–Crippen LogP) is 2.51. The molecule has 4 heteroatoms. The fraction of sp³-hybridized carbons (Fsp3) is 0.250. The quantitative estimate of drug-likeness (QED) is 0.554. The minimum atomic E-state index is -4.24. The standard InChI is InChI=1S/C8H8F3P/c1-5-6(8(9,10)11)3-2-4-7(5)12/h2-4H,12H2,1H3. The van der Waals surface area contributed by atoms with Crippen molar-refractivity contribution in [2.45, 2.75) is 13.1 Å². The van der Waals surface area contributed by atoms with Gasteiger partial charge in [-0.1, -0.05) is 12.1 Å². The molecule has 1 atom stereocenters. The highest BCUT2D eigenvalue weighted by molar-refractivity contribution is 7.27. The van der Waals surface area contributed by atoms with Crippen LogP contribution in [-0.4, -0.2) is 0 Å². The summed E-state index contributed by atoms with van der Waals surface area (Å²) in [6, 6.07) is 4.12. The molecular weight excluding hydrogens is 184 g/mol. The van der Waals surface area contributed by atoms with Crippen molar-refractivity contribution in [3.63, 3.8) is 0 Å². The van der Waals surface area contributed by atoms with Crippen molar-refractivity contribution in [1.82, 2.24) is 0 Å². The summed E-state index contributed by atoms with van der Waals surface area (Å²) >= 11 is 0. The van der Waals surface area contributed by atoms with E-state index in [1.165, 1.54) is 13.0 Å². The van der Waals surface area contributed by atoms with Crippen molar-refractivity contribution < 1.29 is 13.2 Å². The molecule has 0 spiro atoms. The monoisotopic (exact) mass is 192 g/mol. The summed E-state index contributed by atoms with van der Waals surface area (Å²) in [6.45, 7) is 1.46. The summed E-state index contributed by atoms with van der Waals surface area (Å²) in [5.74, 6) is 0. The lowest BCUT2D eigenvalue weighted by Gasteiger charge is -2.10. The van der Waals surface area contributed by atoms with Gasteiger partial charge >= 0.3 is 6.18 Å². The average Bonchev–Trinajstić information content (AvgIpc) is 1.92. The predicted molar refractivity (Wildman–Crippen MR) is 45.5 cm³/mol. The maximum absolute atomic E-state index is 12.2. The normalized spacial score (nSPS) is 11.8. The van der Waals surface area contributed by atoms with Crippen molar-refractivity contribution in [2.24, 2.45) is 0 Å². The van der Waals surface area contributed by atoms with Gasteiger partial charge in [0.2, 0.25) is 0 Å². The fourth-order valence-corrected chi connectivity index (χ4v) is 1.23. The minimum absolute atomic E-state index is 0.273. The third-order valence-electron chi connectivity index (χ3n) is 1.68. The van der Waals surface area contributed by atoms with Crippen LogP contribution in [0.5, 0.6) is 0 Å². The van der Waals surface area contributed by atoms with E-state index in [4.69, 9.17) is 0 Å². The molecule has 12 heavy (non-hydrogen) atoms. The summed E-state index contributed by atoms with van der Waals surface area (Å²) in [4.78, 5) is 0. The van der Waals surface area contributed by atoms with Gasteiger partial charge in [-0.2, -0.15) is 13.2 Å². The van der Waals surface area contributed by atoms with Crippen LogP contribution in [0.4, 0.5) is 13.2 Å². The second kappa shape index (κ2) is 3.06.